The highest BCUT2D eigenvalue weighted by Gasteiger charge is 2.45. The highest BCUT2D eigenvalue weighted by Crippen LogP contribution is 2.28. The Morgan fingerprint density at radius 2 is 1.86 bits per heavy atom. The molecule has 0 saturated carbocycles. The quantitative estimate of drug-likeness (QED) is 0.420. The van der Waals surface area contributed by atoms with E-state index in [1.807, 2.05) is 19.1 Å². The zero-order valence-corrected chi connectivity index (χ0v) is 16.6. The molecule has 0 unspecified atom stereocenters. The van der Waals surface area contributed by atoms with Gasteiger partial charge in [0.25, 0.3) is 0 Å². The van der Waals surface area contributed by atoms with Crippen LogP contribution in [0.4, 0.5) is 0 Å². The Morgan fingerprint density at radius 1 is 1.14 bits per heavy atom. The minimum Gasteiger partial charge on any atom is -0.443 e. The third-order valence-electron chi connectivity index (χ3n) is 4.73. The average molecular weight is 410 g/mol. The van der Waals surface area contributed by atoms with Crippen LogP contribution in [0, 0.1) is 6.92 Å². The van der Waals surface area contributed by atoms with Crippen molar-refractivity contribution in [2.75, 3.05) is 12.4 Å². The van der Waals surface area contributed by atoms with Crippen molar-refractivity contribution < 1.29 is 29.9 Å². The SMILES string of the molecule is CCSc1ccc(Cc2c(O[C@@H]3O[C@H](CO)[C@@H](O)[C@H](O)[C@H]3O)n[nH]c2C)cc1. The fourth-order valence-corrected chi connectivity index (χ4v) is 3.75. The Bertz CT molecular complexity index is 766. The molecule has 0 radical (unpaired) electrons. The Kier molecular flexibility index (Phi) is 6.97. The fourth-order valence-electron chi connectivity index (χ4n) is 3.08. The van der Waals surface area contributed by atoms with Gasteiger partial charge in [0.05, 0.1) is 6.61 Å². The van der Waals surface area contributed by atoms with E-state index < -0.39 is 37.3 Å². The van der Waals surface area contributed by atoms with Gasteiger partial charge in [0.15, 0.2) is 0 Å². The van der Waals surface area contributed by atoms with Gasteiger partial charge in [-0.05, 0) is 30.4 Å². The summed E-state index contributed by atoms with van der Waals surface area (Å²) < 4.78 is 11.1. The number of nitrogens with one attached hydrogen (secondary N) is 1. The van der Waals surface area contributed by atoms with Crippen LogP contribution < -0.4 is 4.74 Å². The molecule has 0 bridgehead atoms. The smallest absolute Gasteiger partial charge is 0.238 e. The summed E-state index contributed by atoms with van der Waals surface area (Å²) in [4.78, 5) is 1.20. The van der Waals surface area contributed by atoms with Crippen LogP contribution in [0.15, 0.2) is 29.2 Å². The van der Waals surface area contributed by atoms with E-state index in [4.69, 9.17) is 9.47 Å². The summed E-state index contributed by atoms with van der Waals surface area (Å²) in [6.07, 6.45) is -6.14. The number of hydrogen-bond acceptors (Lipinski definition) is 8. The molecule has 1 aliphatic rings. The summed E-state index contributed by atoms with van der Waals surface area (Å²) in [6.45, 7) is 3.46. The van der Waals surface area contributed by atoms with Crippen LogP contribution in [0.2, 0.25) is 0 Å². The lowest BCUT2D eigenvalue weighted by Crippen LogP contribution is -2.60. The van der Waals surface area contributed by atoms with Gasteiger partial charge in [-0.25, -0.2) is 0 Å². The van der Waals surface area contributed by atoms with Gasteiger partial charge in [-0.15, -0.1) is 16.9 Å². The van der Waals surface area contributed by atoms with E-state index in [0.29, 0.717) is 6.42 Å². The Balaban J connectivity index is 1.75. The maximum Gasteiger partial charge on any atom is 0.238 e. The standard InChI is InChI=1S/C19H26N2O6S/c1-3-28-12-6-4-11(5-7-12)8-13-10(2)20-21-18(13)27-19-17(25)16(24)15(23)14(9-22)26-19/h4-7,14-17,19,22-25H,3,8-9H2,1-2H3,(H,20,21)/t14-,15-,16+,17-,19+/m1/s1. The van der Waals surface area contributed by atoms with Crippen LogP contribution in [-0.4, -0.2) is 73.7 Å². The molecule has 2 aromatic rings. The largest absolute Gasteiger partial charge is 0.443 e. The molecule has 1 aliphatic heterocycles. The molecule has 9 heteroatoms. The van der Waals surface area contributed by atoms with Crippen LogP contribution in [0.3, 0.4) is 0 Å². The summed E-state index contributed by atoms with van der Waals surface area (Å²) in [5.41, 5.74) is 2.68. The number of ether oxygens (including phenoxy) is 2. The third-order valence-corrected chi connectivity index (χ3v) is 5.62. The number of hydrogen-bond donors (Lipinski definition) is 5. The zero-order valence-electron chi connectivity index (χ0n) is 15.8. The highest BCUT2D eigenvalue weighted by atomic mass is 32.2. The minimum absolute atomic E-state index is 0.244. The van der Waals surface area contributed by atoms with Gasteiger partial charge in [-0.2, -0.15) is 0 Å². The zero-order chi connectivity index (χ0) is 20.3. The van der Waals surface area contributed by atoms with E-state index in [1.165, 1.54) is 4.90 Å². The molecular weight excluding hydrogens is 384 g/mol. The molecule has 1 aromatic carbocycles. The monoisotopic (exact) mass is 410 g/mol. The number of rotatable bonds is 7. The predicted octanol–water partition coefficient (Wildman–Crippen LogP) is 0.600. The van der Waals surface area contributed by atoms with Gasteiger partial charge in [0.1, 0.15) is 24.4 Å². The third kappa shape index (κ3) is 4.51. The van der Waals surface area contributed by atoms with Crippen LogP contribution in [0.1, 0.15) is 23.7 Å². The number of nitrogens with zero attached hydrogens (tertiary/aromatic N) is 1. The number of thioether (sulfide) groups is 1. The number of benzene rings is 1. The van der Waals surface area contributed by atoms with E-state index in [0.717, 1.165) is 22.6 Å². The summed E-state index contributed by atoms with van der Waals surface area (Å²) in [6, 6.07) is 8.22. The summed E-state index contributed by atoms with van der Waals surface area (Å²) in [5, 5.41) is 46.3. The molecule has 0 amide bonds. The number of aliphatic hydroxyl groups excluding tert-OH is 4. The van der Waals surface area contributed by atoms with E-state index >= 15 is 0 Å². The van der Waals surface area contributed by atoms with Crippen molar-refractivity contribution in [2.24, 2.45) is 0 Å². The van der Waals surface area contributed by atoms with Crippen molar-refractivity contribution in [3.63, 3.8) is 0 Å². The first-order valence-electron chi connectivity index (χ1n) is 9.17. The van der Waals surface area contributed by atoms with Crippen molar-refractivity contribution >= 4 is 11.8 Å². The first-order chi connectivity index (χ1) is 13.4. The first-order valence-corrected chi connectivity index (χ1v) is 10.2. The number of H-pyrrole nitrogens is 1. The van der Waals surface area contributed by atoms with Crippen LogP contribution >= 0.6 is 11.8 Å². The van der Waals surface area contributed by atoms with Crippen molar-refractivity contribution in [1.29, 1.82) is 0 Å². The second-order valence-electron chi connectivity index (χ2n) is 6.70. The van der Waals surface area contributed by atoms with Gasteiger partial charge in [-0.1, -0.05) is 19.1 Å². The molecule has 0 aliphatic carbocycles. The van der Waals surface area contributed by atoms with Crippen molar-refractivity contribution in [3.05, 3.63) is 41.1 Å². The normalized spacial score (nSPS) is 27.7. The predicted molar refractivity (Wildman–Crippen MR) is 103 cm³/mol. The minimum atomic E-state index is -1.50. The lowest BCUT2D eigenvalue weighted by molar-refractivity contribution is -0.278. The Morgan fingerprint density at radius 3 is 2.50 bits per heavy atom. The number of aromatic amines is 1. The molecule has 1 fully saturated rings. The Labute approximate surface area is 167 Å². The molecular formula is C19H26N2O6S. The van der Waals surface area contributed by atoms with Gasteiger partial charge >= 0.3 is 0 Å². The molecule has 1 saturated heterocycles. The second-order valence-corrected chi connectivity index (χ2v) is 8.04. The average Bonchev–Trinajstić information content (AvgIpc) is 3.03. The van der Waals surface area contributed by atoms with E-state index in [2.05, 4.69) is 29.3 Å². The van der Waals surface area contributed by atoms with Gasteiger partial charge in [0, 0.05) is 22.6 Å². The summed E-state index contributed by atoms with van der Waals surface area (Å²) >= 11 is 1.77. The first kappa shape index (κ1) is 21.1. The van der Waals surface area contributed by atoms with Gasteiger partial charge < -0.3 is 29.9 Å². The van der Waals surface area contributed by atoms with Gasteiger partial charge in [-0.3, -0.25) is 5.10 Å². The van der Waals surface area contributed by atoms with Crippen molar-refractivity contribution in [1.82, 2.24) is 10.2 Å². The molecule has 2 heterocycles. The molecule has 3 rings (SSSR count). The molecule has 5 N–H and O–H groups in total. The molecule has 154 valence electrons. The Hall–Kier alpha value is -1.62. The molecule has 0 spiro atoms. The lowest BCUT2D eigenvalue weighted by atomic mass is 9.99. The molecule has 5 atom stereocenters. The molecule has 1 aromatic heterocycles. The number of aliphatic hydroxyl groups is 4. The van der Waals surface area contributed by atoms with Gasteiger partial charge in [0.2, 0.25) is 12.2 Å². The summed E-state index contributed by atoms with van der Waals surface area (Å²) in [5.74, 6) is 1.26. The lowest BCUT2D eigenvalue weighted by Gasteiger charge is -2.39. The maximum atomic E-state index is 10.2. The van der Waals surface area contributed by atoms with E-state index in [1.54, 1.807) is 11.8 Å². The van der Waals surface area contributed by atoms with E-state index in [-0.39, 0.29) is 5.88 Å². The van der Waals surface area contributed by atoms with Crippen molar-refractivity contribution in [2.45, 2.75) is 55.9 Å². The highest BCUT2D eigenvalue weighted by molar-refractivity contribution is 7.99. The van der Waals surface area contributed by atoms with Crippen LogP contribution in [-0.2, 0) is 11.2 Å². The number of aryl methyl sites for hydroxylation is 1. The van der Waals surface area contributed by atoms with E-state index in [9.17, 15) is 20.4 Å². The maximum absolute atomic E-state index is 10.2. The topological polar surface area (TPSA) is 128 Å². The van der Waals surface area contributed by atoms with Crippen LogP contribution in [0.25, 0.3) is 0 Å². The summed E-state index contributed by atoms with van der Waals surface area (Å²) in [7, 11) is 0. The fraction of sp³-hybridized carbons (Fsp3) is 0.526. The second kappa shape index (κ2) is 9.25. The molecule has 28 heavy (non-hydrogen) atoms. The van der Waals surface area contributed by atoms with Crippen LogP contribution in [0.5, 0.6) is 5.88 Å². The molecule has 8 nitrogen and oxygen atoms in total. The van der Waals surface area contributed by atoms with Crippen molar-refractivity contribution in [3.8, 4) is 5.88 Å². The number of aromatic nitrogens is 2.